The fourth-order valence-electron chi connectivity index (χ4n) is 3.15. The van der Waals surface area contributed by atoms with Crippen LogP contribution in [0.4, 0.5) is 0 Å². The van der Waals surface area contributed by atoms with Gasteiger partial charge in [0.1, 0.15) is 12.4 Å². The van der Waals surface area contributed by atoms with E-state index in [1.54, 1.807) is 0 Å². The molecular weight excluding hydrogens is 469 g/mol. The minimum atomic E-state index is 0. The highest BCUT2D eigenvalue weighted by molar-refractivity contribution is 14.0. The Hall–Kier alpha value is -1.22. The van der Waals surface area contributed by atoms with Crippen molar-refractivity contribution in [1.82, 2.24) is 19.8 Å². The molecular formula is C20H30IN5S. The Morgan fingerprint density at radius 2 is 2.11 bits per heavy atom. The van der Waals surface area contributed by atoms with Gasteiger partial charge in [0.05, 0.1) is 0 Å². The number of guanidine groups is 1. The molecule has 0 aliphatic carbocycles. The molecule has 148 valence electrons. The topological polar surface area (TPSA) is 45.5 Å². The van der Waals surface area contributed by atoms with Gasteiger partial charge in [-0.3, -0.25) is 0 Å². The highest BCUT2D eigenvalue weighted by atomic mass is 127. The molecule has 1 aliphatic heterocycles. The number of halogens is 1. The quantitative estimate of drug-likeness (QED) is 0.373. The Bertz CT molecular complexity index is 703. The van der Waals surface area contributed by atoms with Crippen molar-refractivity contribution in [3.8, 4) is 0 Å². The maximum absolute atomic E-state index is 4.89. The Labute approximate surface area is 184 Å². The minimum absolute atomic E-state index is 0. The van der Waals surface area contributed by atoms with E-state index < -0.39 is 0 Å². The summed E-state index contributed by atoms with van der Waals surface area (Å²) in [4.78, 5) is 11.8. The summed E-state index contributed by atoms with van der Waals surface area (Å²) in [5.74, 6) is 3.19. The number of aromatic nitrogens is 2. The predicted molar refractivity (Wildman–Crippen MR) is 126 cm³/mol. The van der Waals surface area contributed by atoms with Crippen molar-refractivity contribution in [3.05, 3.63) is 54.1 Å². The third kappa shape index (κ3) is 6.41. The summed E-state index contributed by atoms with van der Waals surface area (Å²) in [6, 6.07) is 10.5. The van der Waals surface area contributed by atoms with Crippen molar-refractivity contribution in [2.24, 2.45) is 4.99 Å². The zero-order chi connectivity index (χ0) is 18.2. The average molecular weight is 499 g/mol. The van der Waals surface area contributed by atoms with Crippen molar-refractivity contribution < 1.29 is 0 Å². The summed E-state index contributed by atoms with van der Waals surface area (Å²) in [6.07, 6.45) is 5.11. The average Bonchev–Trinajstić information content (AvgIpc) is 3.13. The Balaban J connectivity index is 0.00000261. The van der Waals surface area contributed by atoms with Gasteiger partial charge in [-0.05, 0) is 18.9 Å². The van der Waals surface area contributed by atoms with Gasteiger partial charge < -0.3 is 14.8 Å². The number of hydrogen-bond acceptors (Lipinski definition) is 3. The van der Waals surface area contributed by atoms with Gasteiger partial charge in [-0.2, -0.15) is 11.8 Å². The number of thioether (sulfide) groups is 1. The van der Waals surface area contributed by atoms with E-state index in [0.717, 1.165) is 38.0 Å². The second kappa shape index (κ2) is 11.6. The molecule has 1 fully saturated rings. The van der Waals surface area contributed by atoms with Crippen LogP contribution in [-0.4, -0.2) is 51.0 Å². The molecule has 0 amide bonds. The third-order valence-corrected chi connectivity index (χ3v) is 5.97. The van der Waals surface area contributed by atoms with Crippen LogP contribution < -0.4 is 5.32 Å². The Morgan fingerprint density at radius 3 is 2.85 bits per heavy atom. The van der Waals surface area contributed by atoms with Gasteiger partial charge in [0.25, 0.3) is 0 Å². The largest absolute Gasteiger partial charge is 0.357 e. The molecule has 0 radical (unpaired) electrons. The van der Waals surface area contributed by atoms with Crippen molar-refractivity contribution in [2.75, 3.05) is 25.4 Å². The summed E-state index contributed by atoms with van der Waals surface area (Å²) >= 11 is 2.08. The molecule has 0 bridgehead atoms. The molecule has 1 N–H and O–H groups in total. The first-order valence-electron chi connectivity index (χ1n) is 9.49. The second-order valence-corrected chi connectivity index (χ2v) is 7.88. The molecule has 2 heterocycles. The lowest BCUT2D eigenvalue weighted by atomic mass is 10.2. The van der Waals surface area contributed by atoms with E-state index in [9.17, 15) is 0 Å². The van der Waals surface area contributed by atoms with Crippen LogP contribution in [0.5, 0.6) is 0 Å². The van der Waals surface area contributed by atoms with Gasteiger partial charge >= 0.3 is 0 Å². The highest BCUT2D eigenvalue weighted by Gasteiger charge is 2.21. The van der Waals surface area contributed by atoms with E-state index in [-0.39, 0.29) is 24.0 Å². The van der Waals surface area contributed by atoms with Crippen LogP contribution in [0.2, 0.25) is 0 Å². The number of rotatable bonds is 6. The van der Waals surface area contributed by atoms with Crippen molar-refractivity contribution in [1.29, 1.82) is 0 Å². The Morgan fingerprint density at radius 1 is 1.30 bits per heavy atom. The molecule has 0 saturated carbocycles. The lowest BCUT2D eigenvalue weighted by Gasteiger charge is -2.34. The smallest absolute Gasteiger partial charge is 0.194 e. The molecule has 5 nitrogen and oxygen atoms in total. The molecule has 1 aromatic heterocycles. The van der Waals surface area contributed by atoms with Gasteiger partial charge in [-0.15, -0.1) is 24.0 Å². The number of nitrogens with one attached hydrogen (secondary N) is 1. The molecule has 0 spiro atoms. The molecule has 7 heteroatoms. The summed E-state index contributed by atoms with van der Waals surface area (Å²) in [5.41, 5.74) is 1.28. The zero-order valence-electron chi connectivity index (χ0n) is 16.2. The molecule has 1 aliphatic rings. The monoisotopic (exact) mass is 499 g/mol. The number of aliphatic imine (C=N–C) groups is 1. The van der Waals surface area contributed by atoms with Crippen LogP contribution >= 0.6 is 35.7 Å². The number of benzene rings is 1. The van der Waals surface area contributed by atoms with Crippen molar-refractivity contribution >= 4 is 41.7 Å². The number of imidazole rings is 1. The standard InChI is InChI=1S/C20H29N5S.HI/c1-3-18-16-25(12-13-26-18)20(21-4-2)23-14-19-22-10-11-24(19)15-17-8-6-5-7-9-17;/h5-11,18H,3-4,12-16H2,1-2H3,(H,21,23);1H. The number of nitrogens with zero attached hydrogens (tertiary/aromatic N) is 4. The van der Waals surface area contributed by atoms with Gasteiger partial charge in [-0.25, -0.2) is 9.98 Å². The van der Waals surface area contributed by atoms with E-state index >= 15 is 0 Å². The maximum Gasteiger partial charge on any atom is 0.194 e. The molecule has 2 aromatic rings. The first kappa shape index (κ1) is 22.1. The van der Waals surface area contributed by atoms with Crippen molar-refractivity contribution in [3.63, 3.8) is 0 Å². The molecule has 27 heavy (non-hydrogen) atoms. The first-order chi connectivity index (χ1) is 12.8. The van der Waals surface area contributed by atoms with E-state index in [0.29, 0.717) is 11.8 Å². The Kier molecular flexibility index (Phi) is 9.47. The maximum atomic E-state index is 4.89. The summed E-state index contributed by atoms with van der Waals surface area (Å²) in [6.45, 7) is 8.85. The first-order valence-corrected chi connectivity index (χ1v) is 10.5. The van der Waals surface area contributed by atoms with Gasteiger partial charge in [0.15, 0.2) is 5.96 Å². The number of hydrogen-bond donors (Lipinski definition) is 1. The van der Waals surface area contributed by atoms with Gasteiger partial charge in [0.2, 0.25) is 0 Å². The van der Waals surface area contributed by atoms with E-state index in [1.807, 2.05) is 18.5 Å². The normalized spacial score (nSPS) is 17.5. The SMILES string of the molecule is CCNC(=NCc1nccn1Cc1ccccc1)N1CCSC(CC)C1.I. The third-order valence-electron chi connectivity index (χ3n) is 4.60. The summed E-state index contributed by atoms with van der Waals surface area (Å²) in [7, 11) is 0. The van der Waals surface area contributed by atoms with Crippen LogP contribution in [0.3, 0.4) is 0 Å². The fourth-order valence-corrected chi connectivity index (χ4v) is 4.33. The molecule has 1 saturated heterocycles. The van der Waals surface area contributed by atoms with E-state index in [4.69, 9.17) is 4.99 Å². The zero-order valence-corrected chi connectivity index (χ0v) is 19.3. The van der Waals surface area contributed by atoms with Crippen LogP contribution in [0, 0.1) is 0 Å². The highest BCUT2D eigenvalue weighted by Crippen LogP contribution is 2.21. The molecule has 3 rings (SSSR count). The van der Waals surface area contributed by atoms with Crippen molar-refractivity contribution in [2.45, 2.75) is 38.6 Å². The predicted octanol–water partition coefficient (Wildman–Crippen LogP) is 3.84. The molecule has 1 unspecified atom stereocenters. The molecule has 1 atom stereocenters. The van der Waals surface area contributed by atoms with Crippen LogP contribution in [0.25, 0.3) is 0 Å². The van der Waals surface area contributed by atoms with Gasteiger partial charge in [-0.1, -0.05) is 37.3 Å². The minimum Gasteiger partial charge on any atom is -0.357 e. The summed E-state index contributed by atoms with van der Waals surface area (Å²) in [5, 5.41) is 4.16. The van der Waals surface area contributed by atoms with E-state index in [1.165, 1.54) is 17.7 Å². The lowest BCUT2D eigenvalue weighted by Crippen LogP contribution is -2.48. The second-order valence-electron chi connectivity index (χ2n) is 6.47. The van der Waals surface area contributed by atoms with E-state index in [2.05, 4.69) is 69.6 Å². The molecule has 1 aromatic carbocycles. The lowest BCUT2D eigenvalue weighted by molar-refractivity contribution is 0.408. The van der Waals surface area contributed by atoms with Crippen LogP contribution in [0.15, 0.2) is 47.7 Å². The fraction of sp³-hybridized carbons (Fsp3) is 0.500. The summed E-state index contributed by atoms with van der Waals surface area (Å²) < 4.78 is 2.18. The van der Waals surface area contributed by atoms with Gasteiger partial charge in [0, 0.05) is 49.6 Å². The van der Waals surface area contributed by atoms with Crippen LogP contribution in [-0.2, 0) is 13.1 Å². The van der Waals surface area contributed by atoms with Crippen LogP contribution in [0.1, 0.15) is 31.7 Å².